The smallest absolute Gasteiger partial charge is 0.254 e. The van der Waals surface area contributed by atoms with Gasteiger partial charge in [0.15, 0.2) is 0 Å². The summed E-state index contributed by atoms with van der Waals surface area (Å²) < 4.78 is 12.7. The van der Waals surface area contributed by atoms with Gasteiger partial charge in [-0.25, -0.2) is 4.67 Å². The molecule has 2 rings (SSSR count). The van der Waals surface area contributed by atoms with Crippen molar-refractivity contribution in [3.8, 4) is 11.5 Å². The summed E-state index contributed by atoms with van der Waals surface area (Å²) in [5.41, 5.74) is 1.71. The zero-order chi connectivity index (χ0) is 17.7. The highest BCUT2D eigenvalue weighted by molar-refractivity contribution is 7.42. The van der Waals surface area contributed by atoms with Crippen molar-refractivity contribution in [1.82, 2.24) is 4.67 Å². The molecule has 0 unspecified atom stereocenters. The van der Waals surface area contributed by atoms with Crippen LogP contribution in [0.1, 0.15) is 31.0 Å². The summed E-state index contributed by atoms with van der Waals surface area (Å²) >= 11 is 0. The molecular formula is C18H24NO4P. The Hall–Kier alpha value is -1.65. The third-order valence-electron chi connectivity index (χ3n) is 3.87. The summed E-state index contributed by atoms with van der Waals surface area (Å²) in [6.07, 6.45) is 0. The molecule has 0 fully saturated rings. The van der Waals surface area contributed by atoms with Gasteiger partial charge in [-0.05, 0) is 26.0 Å². The Bertz CT molecular complexity index is 607. The summed E-state index contributed by atoms with van der Waals surface area (Å²) in [7, 11) is 0.917. The lowest BCUT2D eigenvalue weighted by atomic mass is 9.96. The van der Waals surface area contributed by atoms with Crippen LogP contribution in [0.5, 0.6) is 11.5 Å². The zero-order valence-corrected chi connectivity index (χ0v) is 15.3. The van der Waals surface area contributed by atoms with Gasteiger partial charge in [0.1, 0.15) is 11.5 Å². The normalized spacial score (nSPS) is 11.6. The molecule has 0 bridgehead atoms. The second-order valence-corrected chi connectivity index (χ2v) is 6.63. The van der Waals surface area contributed by atoms with Crippen molar-refractivity contribution in [2.75, 3.05) is 14.2 Å². The van der Waals surface area contributed by atoms with Gasteiger partial charge in [0.25, 0.3) is 8.53 Å². The van der Waals surface area contributed by atoms with Crippen molar-refractivity contribution in [1.29, 1.82) is 0 Å². The molecule has 0 amide bonds. The molecule has 2 aromatic rings. The minimum atomic E-state index is -2.30. The molecule has 0 radical (unpaired) electrons. The van der Waals surface area contributed by atoms with E-state index in [1.165, 1.54) is 0 Å². The van der Waals surface area contributed by atoms with E-state index in [2.05, 4.69) is 0 Å². The molecule has 24 heavy (non-hydrogen) atoms. The summed E-state index contributed by atoms with van der Waals surface area (Å²) in [4.78, 5) is 20.1. The van der Waals surface area contributed by atoms with Crippen LogP contribution in [-0.4, -0.2) is 34.7 Å². The number of para-hydroxylation sites is 2. The monoisotopic (exact) mass is 349 g/mol. The Morgan fingerprint density at radius 1 is 0.833 bits per heavy atom. The van der Waals surface area contributed by atoms with Gasteiger partial charge < -0.3 is 19.3 Å². The van der Waals surface area contributed by atoms with Gasteiger partial charge in [-0.15, -0.1) is 0 Å². The van der Waals surface area contributed by atoms with Gasteiger partial charge >= 0.3 is 0 Å². The van der Waals surface area contributed by atoms with Crippen LogP contribution in [0.2, 0.25) is 0 Å². The van der Waals surface area contributed by atoms with Crippen LogP contribution in [0.3, 0.4) is 0 Å². The second-order valence-electron chi connectivity index (χ2n) is 5.63. The lowest BCUT2D eigenvalue weighted by Gasteiger charge is -2.36. The standard InChI is InChI=1S/C18H24NO4P/c1-13(2)19(24(20)21)18(14-9-5-7-11-16(14)22-3)15-10-6-8-12-17(15)23-4/h5-13,18,20-21H,1-4H3. The third kappa shape index (κ3) is 3.87. The average Bonchev–Trinajstić information content (AvgIpc) is 2.58. The van der Waals surface area contributed by atoms with Crippen molar-refractivity contribution < 1.29 is 19.3 Å². The Balaban J connectivity index is 2.70. The first-order chi connectivity index (χ1) is 11.5. The van der Waals surface area contributed by atoms with E-state index in [1.54, 1.807) is 18.9 Å². The van der Waals surface area contributed by atoms with Crippen molar-refractivity contribution >= 4 is 8.53 Å². The first-order valence-corrected chi connectivity index (χ1v) is 8.93. The molecule has 0 saturated carbocycles. The molecule has 2 N–H and O–H groups in total. The molecule has 0 aromatic heterocycles. The minimum Gasteiger partial charge on any atom is -0.496 e. The van der Waals surface area contributed by atoms with Crippen LogP contribution >= 0.6 is 8.53 Å². The van der Waals surface area contributed by atoms with Gasteiger partial charge in [-0.1, -0.05) is 36.4 Å². The fourth-order valence-electron chi connectivity index (χ4n) is 2.85. The lowest BCUT2D eigenvalue weighted by Crippen LogP contribution is -2.31. The molecule has 0 aliphatic carbocycles. The second kappa shape index (κ2) is 8.45. The number of benzene rings is 2. The van der Waals surface area contributed by atoms with Crippen molar-refractivity contribution in [2.24, 2.45) is 0 Å². The van der Waals surface area contributed by atoms with E-state index < -0.39 is 14.6 Å². The van der Waals surface area contributed by atoms with Crippen LogP contribution < -0.4 is 9.47 Å². The van der Waals surface area contributed by atoms with E-state index in [0.717, 1.165) is 11.1 Å². The van der Waals surface area contributed by atoms with Gasteiger partial charge in [0, 0.05) is 17.2 Å². The Morgan fingerprint density at radius 2 is 1.25 bits per heavy atom. The molecule has 0 saturated heterocycles. The highest BCUT2D eigenvalue weighted by Gasteiger charge is 2.33. The number of rotatable bonds is 7. The average molecular weight is 349 g/mol. The van der Waals surface area contributed by atoms with E-state index >= 15 is 0 Å². The topological polar surface area (TPSA) is 62.2 Å². The number of methoxy groups -OCH3 is 2. The molecule has 6 heteroatoms. The molecule has 5 nitrogen and oxygen atoms in total. The number of nitrogens with zero attached hydrogens (tertiary/aromatic N) is 1. The summed E-state index contributed by atoms with van der Waals surface area (Å²) in [6, 6.07) is 14.7. The molecule has 0 aliphatic rings. The number of ether oxygens (including phenoxy) is 2. The number of hydrogen-bond donors (Lipinski definition) is 2. The highest BCUT2D eigenvalue weighted by atomic mass is 31.2. The minimum absolute atomic E-state index is 0.0917. The van der Waals surface area contributed by atoms with Crippen molar-refractivity contribution in [3.63, 3.8) is 0 Å². The first kappa shape index (κ1) is 18.7. The molecule has 130 valence electrons. The zero-order valence-electron chi connectivity index (χ0n) is 14.4. The summed E-state index contributed by atoms with van der Waals surface area (Å²) in [5, 5.41) is 0. The van der Waals surface area contributed by atoms with E-state index in [1.807, 2.05) is 62.4 Å². The Kier molecular flexibility index (Phi) is 6.58. The molecule has 0 heterocycles. The molecular weight excluding hydrogens is 325 g/mol. The maximum absolute atomic E-state index is 10.1. The molecule has 0 spiro atoms. The van der Waals surface area contributed by atoms with Gasteiger partial charge in [-0.2, -0.15) is 0 Å². The SMILES string of the molecule is COc1ccccc1C(c1ccccc1OC)N(C(C)C)P(O)O. The van der Waals surface area contributed by atoms with Gasteiger partial charge in [0.05, 0.1) is 20.3 Å². The maximum atomic E-state index is 10.1. The largest absolute Gasteiger partial charge is 0.496 e. The fourth-order valence-corrected chi connectivity index (χ4v) is 3.71. The van der Waals surface area contributed by atoms with Gasteiger partial charge in [-0.3, -0.25) is 0 Å². The quantitative estimate of drug-likeness (QED) is 0.746. The van der Waals surface area contributed by atoms with Crippen LogP contribution in [0, 0.1) is 0 Å². The Morgan fingerprint density at radius 3 is 1.58 bits per heavy atom. The predicted molar refractivity (Wildman–Crippen MR) is 96.2 cm³/mol. The summed E-state index contributed by atoms with van der Waals surface area (Å²) in [6.45, 7) is 3.86. The van der Waals surface area contributed by atoms with Crippen molar-refractivity contribution in [2.45, 2.75) is 25.9 Å². The fraction of sp³-hybridized carbons (Fsp3) is 0.333. The maximum Gasteiger partial charge on any atom is 0.254 e. The Labute approximate surface area is 144 Å². The third-order valence-corrected chi connectivity index (χ3v) is 4.97. The van der Waals surface area contributed by atoms with Gasteiger partial charge in [0.2, 0.25) is 0 Å². The predicted octanol–water partition coefficient (Wildman–Crippen LogP) is 3.72. The highest BCUT2D eigenvalue weighted by Crippen LogP contribution is 2.48. The van der Waals surface area contributed by atoms with E-state index in [9.17, 15) is 9.79 Å². The van der Waals surface area contributed by atoms with E-state index in [0.29, 0.717) is 11.5 Å². The van der Waals surface area contributed by atoms with E-state index in [4.69, 9.17) is 9.47 Å². The molecule has 0 aliphatic heterocycles. The van der Waals surface area contributed by atoms with Crippen LogP contribution in [0.15, 0.2) is 48.5 Å². The van der Waals surface area contributed by atoms with Crippen LogP contribution in [0.4, 0.5) is 0 Å². The van der Waals surface area contributed by atoms with Crippen LogP contribution in [-0.2, 0) is 0 Å². The number of hydrogen-bond acceptors (Lipinski definition) is 5. The van der Waals surface area contributed by atoms with Crippen LogP contribution in [0.25, 0.3) is 0 Å². The first-order valence-electron chi connectivity index (χ1n) is 7.73. The van der Waals surface area contributed by atoms with E-state index in [-0.39, 0.29) is 6.04 Å². The molecule has 2 aromatic carbocycles. The molecule has 0 atom stereocenters. The van der Waals surface area contributed by atoms with Crippen molar-refractivity contribution in [3.05, 3.63) is 59.7 Å². The lowest BCUT2D eigenvalue weighted by molar-refractivity contribution is 0.253. The summed E-state index contributed by atoms with van der Waals surface area (Å²) in [5.74, 6) is 1.38.